The van der Waals surface area contributed by atoms with Gasteiger partial charge < -0.3 is 14.2 Å². The van der Waals surface area contributed by atoms with E-state index in [1.54, 1.807) is 15.6 Å². The molecule has 0 unspecified atom stereocenters. The van der Waals surface area contributed by atoms with Crippen molar-refractivity contribution in [1.82, 2.24) is 59.7 Å². The maximum atomic E-state index is 14.2. The van der Waals surface area contributed by atoms with Gasteiger partial charge in [0.05, 0.1) is 0 Å². The highest BCUT2D eigenvalue weighted by Crippen LogP contribution is 2.26. The number of aromatic amines is 1. The van der Waals surface area contributed by atoms with Gasteiger partial charge in [0, 0.05) is 76.1 Å². The van der Waals surface area contributed by atoms with Gasteiger partial charge in [0.1, 0.15) is 36.6 Å². The van der Waals surface area contributed by atoms with Crippen LogP contribution in [0.1, 0.15) is 0 Å². The normalized spacial score (nSPS) is 11.6. The van der Waals surface area contributed by atoms with E-state index in [-0.39, 0.29) is 29.6 Å². The second kappa shape index (κ2) is 30.4. The largest absolute Gasteiger partial charge is 0.366 e. The summed E-state index contributed by atoms with van der Waals surface area (Å²) in [6.45, 7) is 23.5. The average molecular weight is 1290 g/mol. The monoisotopic (exact) mass is 1290 g/mol. The fourth-order valence-electron chi connectivity index (χ4n) is 5.02. The summed E-state index contributed by atoms with van der Waals surface area (Å²) >= 11 is 19.1. The molecule has 0 atom stereocenters. The summed E-state index contributed by atoms with van der Waals surface area (Å²) in [7, 11) is -3.14. The zero-order valence-electron chi connectivity index (χ0n) is 41.3. The Hall–Kier alpha value is -2.03. The molecule has 1 N–H and O–H groups in total. The van der Waals surface area contributed by atoms with Gasteiger partial charge in [-0.25, -0.2) is 37.5 Å². The predicted molar refractivity (Wildman–Crippen MR) is 297 cm³/mol. The molecule has 0 aliphatic carbocycles. The van der Waals surface area contributed by atoms with Crippen molar-refractivity contribution in [1.29, 1.82) is 0 Å². The van der Waals surface area contributed by atoms with Gasteiger partial charge in [-0.15, -0.1) is 15.3 Å². The Labute approximate surface area is 455 Å². The first-order chi connectivity index (χ1) is 32.9. The van der Waals surface area contributed by atoms with Gasteiger partial charge >= 0.3 is 0 Å². The molecule has 0 fully saturated rings. The fraction of sp³-hybridized carbons (Fsp3) is 0.500. The fourth-order valence-corrected chi connectivity index (χ4v) is 9.47. The Bertz CT molecular complexity index is 2540. The molecule has 0 saturated carbocycles. The maximum absolute atomic E-state index is 14.2. The smallest absolute Gasteiger partial charge is 0.208 e. The molecule has 0 aliphatic rings. The van der Waals surface area contributed by atoms with Gasteiger partial charge in [0.15, 0.2) is 34.3 Å². The van der Waals surface area contributed by atoms with E-state index in [0.29, 0.717) is 66.5 Å². The minimum atomic E-state index is -1.14. The second-order valence-corrected chi connectivity index (χ2v) is 40.6. The molecule has 6 heterocycles. The van der Waals surface area contributed by atoms with Gasteiger partial charge in [-0.2, -0.15) is 15.0 Å². The molecule has 15 nitrogen and oxygen atoms in total. The van der Waals surface area contributed by atoms with E-state index in [4.69, 9.17) is 25.8 Å². The Kier molecular flexibility index (Phi) is 27.0. The lowest BCUT2D eigenvalue weighted by Crippen LogP contribution is -2.22. The third-order valence-corrected chi connectivity index (χ3v) is 17.2. The first-order valence-electron chi connectivity index (χ1n) is 21.5. The van der Waals surface area contributed by atoms with E-state index in [0.717, 1.165) is 18.7 Å². The zero-order valence-corrected chi connectivity index (χ0v) is 52.3. The van der Waals surface area contributed by atoms with Gasteiger partial charge in [-0.1, -0.05) is 106 Å². The number of nitrogens with zero attached hydrogens (tertiary/aromatic N) is 11. The van der Waals surface area contributed by atoms with Crippen LogP contribution >= 0.6 is 94.7 Å². The quantitative estimate of drug-likeness (QED) is 0.0331. The topological polar surface area (TPSA) is 169 Å². The molecular weight excluding hydrogens is 1230 g/mol. The summed E-state index contributed by atoms with van der Waals surface area (Å²) in [6.07, 6.45) is 10.2. The lowest BCUT2D eigenvalue weighted by molar-refractivity contribution is 0.0720. The Balaban J connectivity index is 0.000000260. The van der Waals surface area contributed by atoms with Crippen LogP contribution in [0.15, 0.2) is 65.7 Å². The van der Waals surface area contributed by atoms with E-state index in [1.807, 2.05) is 18.8 Å². The molecule has 0 aliphatic heterocycles. The number of halogens is 7. The predicted octanol–water partition coefficient (Wildman–Crippen LogP) is 13.6. The van der Waals surface area contributed by atoms with Crippen molar-refractivity contribution < 1.29 is 27.4 Å². The van der Waals surface area contributed by atoms with Crippen molar-refractivity contribution in [3.63, 3.8) is 0 Å². The van der Waals surface area contributed by atoms with Crippen molar-refractivity contribution in [3.05, 3.63) is 67.7 Å². The van der Waals surface area contributed by atoms with Crippen LogP contribution in [-0.2, 0) is 27.7 Å². The van der Waals surface area contributed by atoms with Crippen LogP contribution in [0.25, 0.3) is 34.6 Å². The van der Waals surface area contributed by atoms with E-state index in [9.17, 15) is 13.2 Å². The molecule has 0 aromatic carbocycles. The van der Waals surface area contributed by atoms with Crippen LogP contribution in [0.5, 0.6) is 0 Å². The number of pyridine rings is 3. The third kappa shape index (κ3) is 23.0. The summed E-state index contributed by atoms with van der Waals surface area (Å²) in [5.74, 6) is -0.343. The summed E-state index contributed by atoms with van der Waals surface area (Å²) in [5, 5.41) is 17.0. The molecule has 70 heavy (non-hydrogen) atoms. The molecule has 6 aromatic heterocycles. The molecule has 386 valence electrons. The highest BCUT2D eigenvalue weighted by molar-refractivity contribution is 9.11. The van der Waals surface area contributed by atoms with Gasteiger partial charge in [0.25, 0.3) is 0 Å². The van der Waals surface area contributed by atoms with Crippen LogP contribution < -0.4 is 0 Å². The Morgan fingerprint density at radius 3 is 1.47 bits per heavy atom. The molecule has 6 rings (SSSR count). The first kappa shape index (κ1) is 62.3. The molecule has 6 aromatic rings. The van der Waals surface area contributed by atoms with E-state index >= 15 is 0 Å². The van der Waals surface area contributed by atoms with Crippen LogP contribution in [0.3, 0.4) is 0 Å². The SMILES string of the molecule is CSc1n[nH]c(-c2ncc(Br)cc2F)n1.CSc1nc(-c2ncc(Br)cc2F)n(COCC[Si](C)(C)C)n1.CSc1nc(-c2ncc(Br)cc2F)nn1COCC[Si](C)(C)C.C[Si](C)(C)CCOCCl. The number of hydrogen-bond acceptors (Lipinski definition) is 15. The van der Waals surface area contributed by atoms with Crippen molar-refractivity contribution in [2.75, 3.05) is 44.7 Å². The number of rotatable bonds is 20. The van der Waals surface area contributed by atoms with Crippen molar-refractivity contribution in [3.8, 4) is 34.6 Å². The summed E-state index contributed by atoms with van der Waals surface area (Å²) in [5.41, 5.74) is 0.491. The van der Waals surface area contributed by atoms with Gasteiger partial charge in [-0.3, -0.25) is 5.10 Å². The standard InChI is InChI=1S/2C14H20BrFN4OSSi.C8H6BrFN4S.C6H15ClOSi/c1-22-14-18-13(12-11(16)7-10(15)8-17-12)20(19-14)9-21-5-6-23(2,3)4;1-22-14-18-13(12-11(16)7-10(15)8-17-12)19-20(14)9-21-5-6-23(2,3)4;1-15-8-12-7(13-14-8)6-5(10)2-4(9)3-11-6;1-9(2,3)5-4-8-6-7/h2*7-8H,5-6,9H2,1-4H3;2-3H,1H3,(H,12,13,14);4-6H2,1-3H3. The van der Waals surface area contributed by atoms with Gasteiger partial charge in [0.2, 0.25) is 16.1 Å². The second-order valence-electron chi connectivity index (χ2n) is 18.5. The van der Waals surface area contributed by atoms with E-state index in [1.165, 1.54) is 71.9 Å². The average Bonchev–Trinajstić information content (AvgIpc) is 4.03. The molecule has 0 saturated heterocycles. The summed E-state index contributed by atoms with van der Waals surface area (Å²) in [4.78, 5) is 24.9. The highest BCUT2D eigenvalue weighted by Gasteiger charge is 2.20. The van der Waals surface area contributed by atoms with Crippen molar-refractivity contribution >= 4 is 119 Å². The lowest BCUT2D eigenvalue weighted by atomic mass is 10.3. The van der Waals surface area contributed by atoms with Crippen LogP contribution in [0, 0.1) is 17.5 Å². The Morgan fingerprint density at radius 2 is 1.04 bits per heavy atom. The van der Waals surface area contributed by atoms with Crippen molar-refractivity contribution in [2.24, 2.45) is 0 Å². The minimum absolute atomic E-state index is 0.143. The van der Waals surface area contributed by atoms with Crippen molar-refractivity contribution in [2.45, 2.75) is 106 Å². The number of nitrogens with one attached hydrogen (secondary N) is 1. The van der Waals surface area contributed by atoms with Crippen LogP contribution in [0.4, 0.5) is 13.2 Å². The summed E-state index contributed by atoms with van der Waals surface area (Å²) < 4.78 is 63.0. The molecule has 0 spiro atoms. The molecule has 0 amide bonds. The van der Waals surface area contributed by atoms with Gasteiger partial charge in [-0.05, 0) is 103 Å². The van der Waals surface area contributed by atoms with Crippen LogP contribution in [-0.4, -0.2) is 129 Å². The Morgan fingerprint density at radius 1 is 0.586 bits per heavy atom. The first-order valence-corrected chi connectivity index (χ1v) is 39.2. The third-order valence-electron chi connectivity index (χ3n) is 8.87. The number of ether oxygens (including phenoxy) is 3. The highest BCUT2D eigenvalue weighted by atomic mass is 79.9. The maximum Gasteiger partial charge on any atom is 0.208 e. The number of hydrogen-bond donors (Lipinski definition) is 1. The van der Waals surface area contributed by atoms with E-state index in [2.05, 4.69) is 157 Å². The number of aromatic nitrogens is 12. The lowest BCUT2D eigenvalue weighted by Gasteiger charge is -2.15. The molecule has 0 bridgehead atoms. The zero-order chi connectivity index (χ0) is 52.2. The van der Waals surface area contributed by atoms with E-state index < -0.39 is 41.7 Å². The minimum Gasteiger partial charge on any atom is -0.366 e. The number of thioether (sulfide) groups is 3. The molecular formula is C42H61Br3ClF3N12O3S3Si3. The number of alkyl halides is 1. The number of H-pyrrole nitrogens is 1. The molecule has 0 radical (unpaired) electrons. The summed E-state index contributed by atoms with van der Waals surface area (Å²) in [6, 6.07) is 7.76. The van der Waals surface area contributed by atoms with Crippen LogP contribution in [0.2, 0.25) is 77.1 Å². The molecule has 28 heteroatoms.